The van der Waals surface area contributed by atoms with E-state index < -0.39 is 10.0 Å². The van der Waals surface area contributed by atoms with Crippen molar-refractivity contribution in [3.05, 3.63) is 53.4 Å². The molecule has 1 aromatic heterocycles. The first-order valence-electron chi connectivity index (χ1n) is 7.73. The van der Waals surface area contributed by atoms with Crippen LogP contribution in [0.1, 0.15) is 5.89 Å². The third kappa shape index (κ3) is 4.38. The Morgan fingerprint density at radius 1 is 1.11 bits per heavy atom. The summed E-state index contributed by atoms with van der Waals surface area (Å²) in [7, 11) is -0.667. The normalized spacial score (nSPS) is 11.4. The van der Waals surface area contributed by atoms with Crippen LogP contribution in [0.5, 0.6) is 11.5 Å². The van der Waals surface area contributed by atoms with Crippen LogP contribution in [0.25, 0.3) is 11.4 Å². The fourth-order valence-corrected chi connectivity index (χ4v) is 3.37. The maximum Gasteiger partial charge on any atom is 0.242 e. The Bertz CT molecular complexity index is 1030. The number of ether oxygens (including phenoxy) is 2. The molecule has 1 N–H and O–H groups in total. The van der Waals surface area contributed by atoms with Gasteiger partial charge < -0.3 is 14.0 Å². The minimum absolute atomic E-state index is 0.0865. The maximum absolute atomic E-state index is 12.3. The van der Waals surface area contributed by atoms with E-state index >= 15 is 0 Å². The topological polar surface area (TPSA) is 104 Å². The predicted molar refractivity (Wildman–Crippen MR) is 98.3 cm³/mol. The molecule has 1 heterocycles. The number of aromatic nitrogens is 2. The van der Waals surface area contributed by atoms with Crippen LogP contribution in [0, 0.1) is 0 Å². The van der Waals surface area contributed by atoms with Crippen molar-refractivity contribution >= 4 is 21.6 Å². The lowest BCUT2D eigenvalue weighted by Crippen LogP contribution is -2.23. The molecule has 0 aliphatic rings. The summed E-state index contributed by atoms with van der Waals surface area (Å²) in [5.74, 6) is 1.51. The fraction of sp³-hybridized carbons (Fsp3) is 0.176. The van der Waals surface area contributed by atoms with Gasteiger partial charge in [-0.3, -0.25) is 0 Å². The zero-order valence-corrected chi connectivity index (χ0v) is 16.0. The van der Waals surface area contributed by atoms with Gasteiger partial charge in [0.25, 0.3) is 0 Å². The van der Waals surface area contributed by atoms with Gasteiger partial charge in [-0.05, 0) is 36.4 Å². The first-order chi connectivity index (χ1) is 12.9. The molecule has 0 spiro atoms. The van der Waals surface area contributed by atoms with Gasteiger partial charge in [-0.15, -0.1) is 0 Å². The number of hydrogen-bond donors (Lipinski definition) is 1. The Labute approximate surface area is 161 Å². The third-order valence-electron chi connectivity index (χ3n) is 3.66. The average molecular weight is 410 g/mol. The smallest absolute Gasteiger partial charge is 0.242 e. The van der Waals surface area contributed by atoms with Crippen molar-refractivity contribution in [1.82, 2.24) is 14.9 Å². The largest absolute Gasteiger partial charge is 0.497 e. The van der Waals surface area contributed by atoms with Crippen LogP contribution in [0.15, 0.2) is 51.9 Å². The van der Waals surface area contributed by atoms with Crippen molar-refractivity contribution in [2.24, 2.45) is 0 Å². The van der Waals surface area contributed by atoms with Gasteiger partial charge in [0, 0.05) is 11.1 Å². The minimum Gasteiger partial charge on any atom is -0.497 e. The molecule has 142 valence electrons. The second-order valence-electron chi connectivity index (χ2n) is 5.36. The number of nitrogens with one attached hydrogen (secondary N) is 1. The molecule has 3 aromatic rings. The van der Waals surface area contributed by atoms with Crippen LogP contribution in [0.3, 0.4) is 0 Å². The minimum atomic E-state index is -3.73. The molecule has 0 fully saturated rings. The first kappa shape index (κ1) is 19.2. The Balaban J connectivity index is 1.76. The average Bonchev–Trinajstić information content (AvgIpc) is 3.15. The lowest BCUT2D eigenvalue weighted by Gasteiger charge is -2.07. The zero-order valence-electron chi connectivity index (χ0n) is 14.5. The summed E-state index contributed by atoms with van der Waals surface area (Å²) in [5, 5.41) is 4.32. The number of rotatable bonds is 7. The van der Waals surface area contributed by atoms with E-state index in [0.29, 0.717) is 22.1 Å². The summed E-state index contributed by atoms with van der Waals surface area (Å²) in [6, 6.07) is 11.0. The van der Waals surface area contributed by atoms with Crippen LogP contribution in [-0.2, 0) is 16.6 Å². The zero-order chi connectivity index (χ0) is 19.4. The van der Waals surface area contributed by atoms with Crippen LogP contribution in [0.2, 0.25) is 5.02 Å². The summed E-state index contributed by atoms with van der Waals surface area (Å²) >= 11 is 5.77. The SMILES string of the molecule is COc1ccc(-c2noc(CNS(=O)(=O)c3ccc(Cl)cc3)n2)c(OC)c1. The lowest BCUT2D eigenvalue weighted by atomic mass is 10.2. The van der Waals surface area contributed by atoms with Crippen molar-refractivity contribution in [2.75, 3.05) is 14.2 Å². The standard InChI is InChI=1S/C17H16ClN3O5S/c1-24-12-5-8-14(15(9-12)25-2)17-20-16(26-21-17)10-19-27(22,23)13-6-3-11(18)4-7-13/h3-9,19H,10H2,1-2H3. The summed E-state index contributed by atoms with van der Waals surface area (Å²) in [4.78, 5) is 4.30. The molecule has 0 aliphatic carbocycles. The highest BCUT2D eigenvalue weighted by Crippen LogP contribution is 2.31. The first-order valence-corrected chi connectivity index (χ1v) is 9.59. The number of hydrogen-bond acceptors (Lipinski definition) is 7. The Morgan fingerprint density at radius 3 is 2.52 bits per heavy atom. The lowest BCUT2D eigenvalue weighted by molar-refractivity contribution is 0.375. The van der Waals surface area contributed by atoms with Gasteiger partial charge in [0.2, 0.25) is 21.7 Å². The number of methoxy groups -OCH3 is 2. The van der Waals surface area contributed by atoms with Gasteiger partial charge in [-0.1, -0.05) is 16.8 Å². The molecule has 0 atom stereocenters. The van der Waals surface area contributed by atoms with E-state index in [1.54, 1.807) is 25.3 Å². The maximum atomic E-state index is 12.3. The van der Waals surface area contributed by atoms with Gasteiger partial charge in [0.05, 0.1) is 31.2 Å². The van der Waals surface area contributed by atoms with Crippen molar-refractivity contribution < 1.29 is 22.4 Å². The Hall–Kier alpha value is -2.62. The molecule has 0 amide bonds. The molecule has 27 heavy (non-hydrogen) atoms. The van der Waals surface area contributed by atoms with Gasteiger partial charge >= 0.3 is 0 Å². The summed E-state index contributed by atoms with van der Waals surface area (Å²) < 4.78 is 42.6. The molecule has 8 nitrogen and oxygen atoms in total. The van der Waals surface area contributed by atoms with Crippen molar-refractivity contribution in [3.63, 3.8) is 0 Å². The summed E-state index contributed by atoms with van der Waals surface area (Å²) in [6.45, 7) is -0.156. The van der Waals surface area contributed by atoms with Crippen molar-refractivity contribution in [1.29, 1.82) is 0 Å². The van der Waals surface area contributed by atoms with Crippen molar-refractivity contribution in [3.8, 4) is 22.9 Å². The summed E-state index contributed by atoms with van der Waals surface area (Å²) in [6.07, 6.45) is 0. The molecule has 0 saturated carbocycles. The Morgan fingerprint density at radius 2 is 1.85 bits per heavy atom. The molecular weight excluding hydrogens is 394 g/mol. The number of benzene rings is 2. The van der Waals surface area contributed by atoms with Crippen LogP contribution in [-0.4, -0.2) is 32.8 Å². The van der Waals surface area contributed by atoms with Crippen LogP contribution >= 0.6 is 11.6 Å². The molecule has 0 unspecified atom stereocenters. The monoisotopic (exact) mass is 409 g/mol. The second-order valence-corrected chi connectivity index (χ2v) is 7.56. The third-order valence-corrected chi connectivity index (χ3v) is 5.32. The molecule has 0 aliphatic heterocycles. The van der Waals surface area contributed by atoms with E-state index in [9.17, 15) is 8.42 Å². The number of nitrogens with zero attached hydrogens (tertiary/aromatic N) is 2. The van der Waals surface area contributed by atoms with Crippen LogP contribution in [0.4, 0.5) is 0 Å². The molecular formula is C17H16ClN3O5S. The fourth-order valence-electron chi connectivity index (χ4n) is 2.27. The summed E-state index contributed by atoms with van der Waals surface area (Å²) in [5.41, 5.74) is 0.592. The van der Waals surface area contributed by atoms with E-state index in [2.05, 4.69) is 14.9 Å². The van der Waals surface area contributed by atoms with E-state index in [0.717, 1.165) is 0 Å². The van der Waals surface area contributed by atoms with Gasteiger partial charge in [0.15, 0.2) is 0 Å². The Kier molecular flexibility index (Phi) is 5.64. The van der Waals surface area contributed by atoms with Crippen LogP contribution < -0.4 is 14.2 Å². The number of sulfonamides is 1. The molecule has 2 aromatic carbocycles. The highest BCUT2D eigenvalue weighted by molar-refractivity contribution is 7.89. The highest BCUT2D eigenvalue weighted by Gasteiger charge is 2.18. The molecule has 0 radical (unpaired) electrons. The molecule has 0 bridgehead atoms. The predicted octanol–water partition coefficient (Wildman–Crippen LogP) is 2.89. The van der Waals surface area contributed by atoms with Crippen molar-refractivity contribution in [2.45, 2.75) is 11.4 Å². The van der Waals surface area contributed by atoms with E-state index in [1.165, 1.54) is 31.4 Å². The molecule has 3 rings (SSSR count). The second kappa shape index (κ2) is 7.95. The van der Waals surface area contributed by atoms with E-state index in [4.69, 9.17) is 25.6 Å². The molecule has 10 heteroatoms. The highest BCUT2D eigenvalue weighted by atomic mass is 35.5. The van der Waals surface area contributed by atoms with Gasteiger partial charge in [-0.25, -0.2) is 13.1 Å². The quantitative estimate of drug-likeness (QED) is 0.639. The van der Waals surface area contributed by atoms with E-state index in [1.807, 2.05) is 0 Å². The number of halogens is 1. The molecule has 0 saturated heterocycles. The van der Waals surface area contributed by atoms with Gasteiger partial charge in [0.1, 0.15) is 11.5 Å². The van der Waals surface area contributed by atoms with Gasteiger partial charge in [-0.2, -0.15) is 4.98 Å². The van der Waals surface area contributed by atoms with E-state index in [-0.39, 0.29) is 23.2 Å².